The van der Waals surface area contributed by atoms with Crippen molar-refractivity contribution in [2.45, 2.75) is 20.3 Å². The fraction of sp³-hybridized carbons (Fsp3) is 0.238. The summed E-state index contributed by atoms with van der Waals surface area (Å²) in [5.41, 5.74) is 3.44. The first kappa shape index (κ1) is 20.5. The van der Waals surface area contributed by atoms with Gasteiger partial charge >= 0.3 is 0 Å². The van der Waals surface area contributed by atoms with Crippen LogP contribution in [0.1, 0.15) is 19.0 Å². The maximum absolute atomic E-state index is 10.9. The topological polar surface area (TPSA) is 91.8 Å². The van der Waals surface area contributed by atoms with Crippen molar-refractivity contribution in [2.24, 2.45) is 0 Å². The molecular weight excluding hydrogens is 388 g/mol. The van der Waals surface area contributed by atoms with E-state index in [-0.39, 0.29) is 5.91 Å². The first-order valence-corrected chi connectivity index (χ1v) is 9.70. The van der Waals surface area contributed by atoms with E-state index in [1.54, 1.807) is 6.20 Å². The van der Waals surface area contributed by atoms with Crippen LogP contribution in [0.2, 0.25) is 5.02 Å². The van der Waals surface area contributed by atoms with Crippen LogP contribution < -0.4 is 16.0 Å². The highest BCUT2D eigenvalue weighted by Crippen LogP contribution is 2.23. The third kappa shape index (κ3) is 6.43. The number of nitrogens with one attached hydrogen (secondary N) is 3. The lowest BCUT2D eigenvalue weighted by Gasteiger charge is -2.10. The summed E-state index contributed by atoms with van der Waals surface area (Å²) < 4.78 is 0. The van der Waals surface area contributed by atoms with Gasteiger partial charge in [0.25, 0.3) is 0 Å². The largest absolute Gasteiger partial charge is 0.370 e. The molecule has 2 aromatic heterocycles. The zero-order valence-electron chi connectivity index (χ0n) is 16.4. The van der Waals surface area contributed by atoms with Gasteiger partial charge in [0, 0.05) is 48.2 Å². The van der Waals surface area contributed by atoms with Crippen molar-refractivity contribution in [2.75, 3.05) is 23.7 Å². The molecule has 0 saturated heterocycles. The van der Waals surface area contributed by atoms with Crippen molar-refractivity contribution in [1.82, 2.24) is 20.3 Å². The number of nitrogens with zero attached hydrogens (tertiary/aromatic N) is 3. The van der Waals surface area contributed by atoms with Crippen LogP contribution in [0.3, 0.4) is 0 Å². The number of halogens is 1. The SMILES string of the molecule is CC(=O)NCCCNc1cc(-c2ccnc(Nc3cccc(Cl)c3)n2)cc(C)n1. The van der Waals surface area contributed by atoms with E-state index in [0.29, 0.717) is 24.1 Å². The first-order chi connectivity index (χ1) is 14.0. The van der Waals surface area contributed by atoms with E-state index < -0.39 is 0 Å². The molecule has 1 amide bonds. The lowest BCUT2D eigenvalue weighted by Crippen LogP contribution is -2.22. The summed E-state index contributed by atoms with van der Waals surface area (Å²) >= 11 is 6.03. The maximum Gasteiger partial charge on any atom is 0.227 e. The van der Waals surface area contributed by atoms with Crippen molar-refractivity contribution >= 4 is 35.0 Å². The number of benzene rings is 1. The van der Waals surface area contributed by atoms with Crippen LogP contribution >= 0.6 is 11.6 Å². The van der Waals surface area contributed by atoms with Gasteiger partial charge in [0.05, 0.1) is 5.69 Å². The Kier molecular flexibility index (Phi) is 6.97. The minimum absolute atomic E-state index is 0.0214. The summed E-state index contributed by atoms with van der Waals surface area (Å²) in [6, 6.07) is 13.2. The van der Waals surface area contributed by atoms with E-state index in [0.717, 1.165) is 34.9 Å². The third-order valence-electron chi connectivity index (χ3n) is 4.02. The number of amides is 1. The maximum atomic E-state index is 10.9. The van der Waals surface area contributed by atoms with Crippen molar-refractivity contribution < 1.29 is 4.79 Å². The molecule has 3 N–H and O–H groups in total. The van der Waals surface area contributed by atoms with Crippen LogP contribution in [-0.4, -0.2) is 33.9 Å². The number of rotatable bonds is 8. The molecule has 29 heavy (non-hydrogen) atoms. The highest BCUT2D eigenvalue weighted by atomic mass is 35.5. The summed E-state index contributed by atoms with van der Waals surface area (Å²) in [5, 5.41) is 9.89. The molecule has 1 aromatic carbocycles. The van der Waals surface area contributed by atoms with E-state index in [4.69, 9.17) is 11.6 Å². The second-order valence-corrected chi connectivity index (χ2v) is 6.98. The van der Waals surface area contributed by atoms with Crippen LogP contribution in [-0.2, 0) is 4.79 Å². The van der Waals surface area contributed by atoms with E-state index >= 15 is 0 Å². The summed E-state index contributed by atoms with van der Waals surface area (Å²) in [7, 11) is 0. The predicted octanol–water partition coefficient (Wildman–Crippen LogP) is 4.18. The molecule has 7 nitrogen and oxygen atoms in total. The molecule has 0 radical (unpaired) electrons. The van der Waals surface area contributed by atoms with Gasteiger partial charge in [-0.1, -0.05) is 17.7 Å². The molecule has 0 unspecified atom stereocenters. The number of aryl methyl sites for hydroxylation is 1. The standard InChI is InChI=1S/C21H23ClN6O/c1-14-11-16(12-20(26-14)24-9-4-8-23-15(2)29)19-7-10-25-21(28-19)27-18-6-3-5-17(22)13-18/h3,5-7,10-13H,4,8-9H2,1-2H3,(H,23,29)(H,24,26)(H,25,27,28). The average Bonchev–Trinajstić information content (AvgIpc) is 2.67. The molecule has 8 heteroatoms. The number of carbonyl (C=O) groups excluding carboxylic acids is 1. The number of anilines is 3. The smallest absolute Gasteiger partial charge is 0.227 e. The van der Waals surface area contributed by atoms with E-state index in [1.165, 1.54) is 6.92 Å². The number of pyridine rings is 1. The average molecular weight is 411 g/mol. The number of hydrogen-bond donors (Lipinski definition) is 3. The van der Waals surface area contributed by atoms with Crippen molar-refractivity contribution in [3.8, 4) is 11.3 Å². The monoisotopic (exact) mass is 410 g/mol. The molecule has 0 aliphatic rings. The lowest BCUT2D eigenvalue weighted by atomic mass is 10.1. The van der Waals surface area contributed by atoms with Gasteiger partial charge < -0.3 is 16.0 Å². The Balaban J connectivity index is 1.71. The van der Waals surface area contributed by atoms with Gasteiger partial charge in [-0.05, 0) is 49.7 Å². The van der Waals surface area contributed by atoms with E-state index in [2.05, 4.69) is 30.9 Å². The molecule has 0 atom stereocenters. The minimum Gasteiger partial charge on any atom is -0.370 e. The van der Waals surface area contributed by atoms with Crippen LogP contribution in [0.4, 0.5) is 17.5 Å². The van der Waals surface area contributed by atoms with Gasteiger partial charge in [-0.15, -0.1) is 0 Å². The van der Waals surface area contributed by atoms with Crippen LogP contribution in [0.5, 0.6) is 0 Å². The number of hydrogen-bond acceptors (Lipinski definition) is 6. The number of aromatic nitrogens is 3. The van der Waals surface area contributed by atoms with Crippen LogP contribution in [0.15, 0.2) is 48.7 Å². The van der Waals surface area contributed by atoms with E-state index in [1.807, 2.05) is 49.4 Å². The summed E-state index contributed by atoms with van der Waals surface area (Å²) in [6.07, 6.45) is 2.53. The minimum atomic E-state index is -0.0214. The van der Waals surface area contributed by atoms with Gasteiger partial charge in [-0.25, -0.2) is 15.0 Å². The molecule has 3 rings (SSSR count). The molecule has 0 aliphatic heterocycles. The summed E-state index contributed by atoms with van der Waals surface area (Å²) in [5.74, 6) is 1.24. The van der Waals surface area contributed by atoms with Crippen LogP contribution in [0.25, 0.3) is 11.3 Å². The molecule has 0 aliphatic carbocycles. The Morgan fingerprint density at radius 2 is 1.97 bits per heavy atom. The molecule has 0 saturated carbocycles. The molecule has 3 aromatic rings. The quantitative estimate of drug-likeness (QED) is 0.482. The van der Waals surface area contributed by atoms with Crippen molar-refractivity contribution in [3.05, 3.63) is 59.4 Å². The molecule has 0 fully saturated rings. The normalized spacial score (nSPS) is 10.4. The Morgan fingerprint density at radius 1 is 1.10 bits per heavy atom. The second-order valence-electron chi connectivity index (χ2n) is 6.55. The lowest BCUT2D eigenvalue weighted by molar-refractivity contribution is -0.118. The van der Waals surface area contributed by atoms with Gasteiger partial charge in [0.1, 0.15) is 5.82 Å². The Morgan fingerprint density at radius 3 is 2.76 bits per heavy atom. The number of carbonyl (C=O) groups is 1. The summed E-state index contributed by atoms with van der Waals surface area (Å²) in [4.78, 5) is 24.3. The zero-order chi connectivity index (χ0) is 20.6. The highest BCUT2D eigenvalue weighted by molar-refractivity contribution is 6.30. The Hall–Kier alpha value is -3.19. The molecule has 2 heterocycles. The van der Waals surface area contributed by atoms with Crippen molar-refractivity contribution in [3.63, 3.8) is 0 Å². The fourth-order valence-electron chi connectivity index (χ4n) is 2.75. The molecule has 150 valence electrons. The zero-order valence-corrected chi connectivity index (χ0v) is 17.1. The Labute approximate surface area is 175 Å². The van der Waals surface area contributed by atoms with Gasteiger partial charge in [-0.2, -0.15) is 0 Å². The van der Waals surface area contributed by atoms with Gasteiger partial charge in [0.2, 0.25) is 11.9 Å². The fourth-order valence-corrected chi connectivity index (χ4v) is 2.94. The van der Waals surface area contributed by atoms with Crippen LogP contribution in [0, 0.1) is 6.92 Å². The van der Waals surface area contributed by atoms with Gasteiger partial charge in [-0.3, -0.25) is 4.79 Å². The predicted molar refractivity (Wildman–Crippen MR) is 117 cm³/mol. The third-order valence-corrected chi connectivity index (χ3v) is 4.25. The van der Waals surface area contributed by atoms with Crippen molar-refractivity contribution in [1.29, 1.82) is 0 Å². The Bertz CT molecular complexity index is 994. The van der Waals surface area contributed by atoms with E-state index in [9.17, 15) is 4.79 Å². The molecular formula is C21H23ClN6O. The second kappa shape index (κ2) is 9.84. The van der Waals surface area contributed by atoms with Gasteiger partial charge in [0.15, 0.2) is 0 Å². The summed E-state index contributed by atoms with van der Waals surface area (Å²) in [6.45, 7) is 4.80. The first-order valence-electron chi connectivity index (χ1n) is 9.32. The molecule has 0 spiro atoms. The highest BCUT2D eigenvalue weighted by Gasteiger charge is 2.07. The molecule has 0 bridgehead atoms.